The van der Waals surface area contributed by atoms with Crippen LogP contribution in [-0.2, 0) is 16.0 Å². The van der Waals surface area contributed by atoms with Crippen LogP contribution in [-0.4, -0.2) is 23.5 Å². The molecule has 0 aliphatic heterocycles. The zero-order valence-corrected chi connectivity index (χ0v) is 11.1. The second-order valence-corrected chi connectivity index (χ2v) is 4.51. The Morgan fingerprint density at radius 3 is 2.33 bits per heavy atom. The van der Waals surface area contributed by atoms with Crippen LogP contribution in [0.4, 0.5) is 0 Å². The lowest BCUT2D eigenvalue weighted by atomic mass is 10.1. The molecule has 0 unspecified atom stereocenters. The molecule has 1 rings (SSSR count). The molecule has 0 spiro atoms. The molecule has 0 aliphatic rings. The summed E-state index contributed by atoms with van der Waals surface area (Å²) in [5.41, 5.74) is 0.777. The highest BCUT2D eigenvalue weighted by Gasteiger charge is 2.07. The third-order valence-corrected chi connectivity index (χ3v) is 3.03. The normalized spacial score (nSPS) is 10.1. The summed E-state index contributed by atoms with van der Waals surface area (Å²) in [6.45, 7) is 0.377. The standard InChI is InChI=1S/C12H13Cl2NO3/c13-9-2-1-3-10(14)8(9)6-7-15-11(16)4-5-12(17)18/h1-3H,4-7H2,(H,15,16)(H,17,18). The Morgan fingerprint density at radius 1 is 1.17 bits per heavy atom. The SMILES string of the molecule is O=C(O)CCC(=O)NCCc1c(Cl)cccc1Cl. The molecule has 1 aromatic carbocycles. The van der Waals surface area contributed by atoms with Crippen LogP contribution in [0.5, 0.6) is 0 Å². The average molecular weight is 290 g/mol. The van der Waals surface area contributed by atoms with Gasteiger partial charge in [-0.1, -0.05) is 29.3 Å². The highest BCUT2D eigenvalue weighted by atomic mass is 35.5. The second kappa shape index (κ2) is 7.24. The topological polar surface area (TPSA) is 66.4 Å². The molecule has 0 heterocycles. The lowest BCUT2D eigenvalue weighted by molar-refractivity contribution is -0.138. The average Bonchev–Trinajstić information content (AvgIpc) is 2.30. The highest BCUT2D eigenvalue weighted by molar-refractivity contribution is 6.35. The van der Waals surface area contributed by atoms with Gasteiger partial charge in [0.25, 0.3) is 0 Å². The van der Waals surface area contributed by atoms with Crippen molar-refractivity contribution in [2.45, 2.75) is 19.3 Å². The molecule has 0 atom stereocenters. The summed E-state index contributed by atoms with van der Waals surface area (Å²) in [5.74, 6) is -1.28. The van der Waals surface area contributed by atoms with Gasteiger partial charge in [-0.05, 0) is 24.1 Å². The fourth-order valence-corrected chi connectivity index (χ4v) is 1.99. The maximum Gasteiger partial charge on any atom is 0.303 e. The number of halogens is 2. The number of hydrogen-bond donors (Lipinski definition) is 2. The van der Waals surface area contributed by atoms with Crippen molar-refractivity contribution in [3.63, 3.8) is 0 Å². The number of hydrogen-bond acceptors (Lipinski definition) is 2. The maximum atomic E-state index is 11.3. The predicted octanol–water partition coefficient (Wildman–Crippen LogP) is 2.52. The Bertz CT molecular complexity index is 429. The summed E-state index contributed by atoms with van der Waals surface area (Å²) < 4.78 is 0. The van der Waals surface area contributed by atoms with Crippen LogP contribution in [0.25, 0.3) is 0 Å². The summed E-state index contributed by atoms with van der Waals surface area (Å²) in [6, 6.07) is 5.21. The van der Waals surface area contributed by atoms with Gasteiger partial charge >= 0.3 is 5.97 Å². The summed E-state index contributed by atoms with van der Waals surface area (Å²) in [4.78, 5) is 21.5. The van der Waals surface area contributed by atoms with E-state index in [1.54, 1.807) is 18.2 Å². The smallest absolute Gasteiger partial charge is 0.303 e. The molecule has 18 heavy (non-hydrogen) atoms. The largest absolute Gasteiger partial charge is 0.481 e. The van der Waals surface area contributed by atoms with Gasteiger partial charge in [0.2, 0.25) is 5.91 Å². The summed E-state index contributed by atoms with van der Waals surface area (Å²) in [7, 11) is 0. The van der Waals surface area contributed by atoms with E-state index in [-0.39, 0.29) is 18.7 Å². The second-order valence-electron chi connectivity index (χ2n) is 3.69. The molecule has 0 saturated heterocycles. The first kappa shape index (κ1) is 14.8. The Labute approximate surface area is 115 Å². The van der Waals surface area contributed by atoms with Crippen molar-refractivity contribution in [1.82, 2.24) is 5.32 Å². The van der Waals surface area contributed by atoms with Crippen LogP contribution in [0, 0.1) is 0 Å². The minimum absolute atomic E-state index is 0.0222. The molecule has 0 saturated carbocycles. The molecule has 98 valence electrons. The van der Waals surface area contributed by atoms with Crippen molar-refractivity contribution >= 4 is 35.1 Å². The minimum atomic E-state index is -0.987. The lowest BCUT2D eigenvalue weighted by Gasteiger charge is -2.07. The third kappa shape index (κ3) is 4.94. The van der Waals surface area contributed by atoms with E-state index in [0.717, 1.165) is 5.56 Å². The number of carbonyl (C=O) groups is 2. The van der Waals surface area contributed by atoms with Crippen LogP contribution in [0.2, 0.25) is 10.0 Å². The van der Waals surface area contributed by atoms with Crippen molar-refractivity contribution in [2.75, 3.05) is 6.54 Å². The molecule has 4 nitrogen and oxygen atoms in total. The molecule has 0 fully saturated rings. The van der Waals surface area contributed by atoms with Gasteiger partial charge < -0.3 is 10.4 Å². The van der Waals surface area contributed by atoms with E-state index in [4.69, 9.17) is 28.3 Å². The Kier molecular flexibility index (Phi) is 5.95. The number of aliphatic carboxylic acids is 1. The van der Waals surface area contributed by atoms with Crippen LogP contribution < -0.4 is 5.32 Å². The molecule has 6 heteroatoms. The highest BCUT2D eigenvalue weighted by Crippen LogP contribution is 2.24. The van der Waals surface area contributed by atoms with Gasteiger partial charge in [-0.15, -0.1) is 0 Å². The monoisotopic (exact) mass is 289 g/mol. The van der Waals surface area contributed by atoms with E-state index in [1.807, 2.05) is 0 Å². The summed E-state index contributed by atoms with van der Waals surface area (Å²) >= 11 is 11.9. The minimum Gasteiger partial charge on any atom is -0.481 e. The molecule has 0 aromatic heterocycles. The maximum absolute atomic E-state index is 11.3. The van der Waals surface area contributed by atoms with Crippen molar-refractivity contribution < 1.29 is 14.7 Å². The van der Waals surface area contributed by atoms with Gasteiger partial charge in [-0.25, -0.2) is 0 Å². The first-order valence-electron chi connectivity index (χ1n) is 5.42. The van der Waals surface area contributed by atoms with E-state index >= 15 is 0 Å². The number of carboxylic acids is 1. The van der Waals surface area contributed by atoms with Gasteiger partial charge in [-0.2, -0.15) is 0 Å². The Balaban J connectivity index is 2.38. The number of rotatable bonds is 6. The van der Waals surface area contributed by atoms with Crippen molar-refractivity contribution in [1.29, 1.82) is 0 Å². The lowest BCUT2D eigenvalue weighted by Crippen LogP contribution is -2.26. The predicted molar refractivity (Wildman–Crippen MR) is 70.0 cm³/mol. The van der Waals surface area contributed by atoms with Crippen LogP contribution in [0.15, 0.2) is 18.2 Å². The van der Waals surface area contributed by atoms with E-state index < -0.39 is 5.97 Å². The first-order valence-corrected chi connectivity index (χ1v) is 6.17. The van der Waals surface area contributed by atoms with Gasteiger partial charge in [0.15, 0.2) is 0 Å². The molecular weight excluding hydrogens is 277 g/mol. The van der Waals surface area contributed by atoms with Gasteiger partial charge in [-0.3, -0.25) is 9.59 Å². The van der Waals surface area contributed by atoms with Crippen molar-refractivity contribution in [3.8, 4) is 0 Å². The molecule has 1 amide bonds. The number of carboxylic acid groups (broad SMARTS) is 1. The molecule has 0 bridgehead atoms. The fraction of sp³-hybridized carbons (Fsp3) is 0.333. The Hall–Kier alpha value is -1.26. The third-order valence-electron chi connectivity index (χ3n) is 2.32. The number of nitrogens with one attached hydrogen (secondary N) is 1. The quantitative estimate of drug-likeness (QED) is 0.846. The van der Waals surface area contributed by atoms with Crippen LogP contribution >= 0.6 is 23.2 Å². The van der Waals surface area contributed by atoms with E-state index in [2.05, 4.69) is 5.32 Å². The molecule has 0 radical (unpaired) electrons. The molecule has 2 N–H and O–H groups in total. The molecular formula is C12H13Cl2NO3. The van der Waals surface area contributed by atoms with Gasteiger partial charge in [0.05, 0.1) is 6.42 Å². The summed E-state index contributed by atoms with van der Waals surface area (Å²) in [6.07, 6.45) is 0.321. The zero-order valence-electron chi connectivity index (χ0n) is 9.58. The van der Waals surface area contributed by atoms with Crippen LogP contribution in [0.1, 0.15) is 18.4 Å². The number of carbonyl (C=O) groups excluding carboxylic acids is 1. The van der Waals surface area contributed by atoms with Gasteiger partial charge in [0, 0.05) is 23.0 Å². The molecule has 0 aliphatic carbocycles. The Morgan fingerprint density at radius 2 is 1.78 bits per heavy atom. The summed E-state index contributed by atoms with van der Waals surface area (Å²) in [5, 5.41) is 12.2. The fourth-order valence-electron chi connectivity index (χ4n) is 1.41. The van der Waals surface area contributed by atoms with Crippen molar-refractivity contribution in [3.05, 3.63) is 33.8 Å². The number of amides is 1. The van der Waals surface area contributed by atoms with Gasteiger partial charge in [0.1, 0.15) is 0 Å². The zero-order chi connectivity index (χ0) is 13.5. The van der Waals surface area contributed by atoms with Crippen molar-refractivity contribution in [2.24, 2.45) is 0 Å². The van der Waals surface area contributed by atoms with E-state index in [0.29, 0.717) is 23.0 Å². The van der Waals surface area contributed by atoms with E-state index in [1.165, 1.54) is 0 Å². The van der Waals surface area contributed by atoms with E-state index in [9.17, 15) is 9.59 Å². The molecule has 1 aromatic rings. The first-order chi connectivity index (χ1) is 8.50. The number of benzene rings is 1. The van der Waals surface area contributed by atoms with Crippen LogP contribution in [0.3, 0.4) is 0 Å².